The van der Waals surface area contributed by atoms with Gasteiger partial charge in [-0.05, 0) is 24.3 Å². The fourth-order valence-electron chi connectivity index (χ4n) is 1.13. The predicted molar refractivity (Wildman–Crippen MR) is 52.9 cm³/mol. The molecule has 0 unspecified atom stereocenters. The topological polar surface area (TPSA) is 43.9 Å². The Hall–Kier alpha value is -1.77. The molecule has 2 N–H and O–H groups in total. The molecular formula is C10H11N3. The summed E-state index contributed by atoms with van der Waals surface area (Å²) in [7, 11) is 0. The molecule has 0 aliphatic carbocycles. The van der Waals surface area contributed by atoms with Gasteiger partial charge in [-0.3, -0.25) is 4.99 Å². The second kappa shape index (κ2) is 3.76. The van der Waals surface area contributed by atoms with Crippen molar-refractivity contribution >= 4 is 6.21 Å². The Morgan fingerprint density at radius 3 is 2.69 bits per heavy atom. The van der Waals surface area contributed by atoms with E-state index in [9.17, 15) is 0 Å². The van der Waals surface area contributed by atoms with E-state index in [0.717, 1.165) is 11.4 Å². The second-order valence-corrected chi connectivity index (χ2v) is 2.79. The molecule has 2 rings (SSSR count). The van der Waals surface area contributed by atoms with E-state index in [4.69, 9.17) is 0 Å². The average molecular weight is 173 g/mol. The Morgan fingerprint density at radius 2 is 2.00 bits per heavy atom. The minimum absolute atomic E-state index is 0.700. The van der Waals surface area contributed by atoms with Crippen molar-refractivity contribution in [3.05, 3.63) is 48.0 Å². The van der Waals surface area contributed by atoms with Crippen LogP contribution in [0.5, 0.6) is 0 Å². The first kappa shape index (κ1) is 7.86. The van der Waals surface area contributed by atoms with E-state index in [1.165, 1.54) is 0 Å². The van der Waals surface area contributed by atoms with Crippen molar-refractivity contribution < 1.29 is 0 Å². The monoisotopic (exact) mass is 173 g/mol. The number of aromatic nitrogens is 2. The van der Waals surface area contributed by atoms with E-state index in [0.29, 0.717) is 6.54 Å². The molecule has 0 amide bonds. The summed E-state index contributed by atoms with van der Waals surface area (Å²) in [6.45, 7) is 0.700. The Balaban J connectivity index is 1.93. The molecule has 0 saturated carbocycles. The summed E-state index contributed by atoms with van der Waals surface area (Å²) in [5.41, 5.74) is 2.16. The smallest absolute Gasteiger partial charge is 0.0790 e. The Kier molecular flexibility index (Phi) is 2.27. The van der Waals surface area contributed by atoms with Crippen LogP contribution in [0.1, 0.15) is 11.4 Å². The zero-order valence-corrected chi connectivity index (χ0v) is 7.20. The van der Waals surface area contributed by atoms with Gasteiger partial charge in [-0.15, -0.1) is 0 Å². The molecule has 13 heavy (non-hydrogen) atoms. The van der Waals surface area contributed by atoms with Crippen LogP contribution >= 0.6 is 0 Å². The molecule has 2 aromatic rings. The molecular weight excluding hydrogens is 162 g/mol. The highest BCUT2D eigenvalue weighted by molar-refractivity contribution is 5.76. The average Bonchev–Trinajstić information content (AvgIpc) is 2.75. The number of rotatable bonds is 3. The Labute approximate surface area is 76.5 Å². The maximum atomic E-state index is 4.27. The molecule has 0 bridgehead atoms. The quantitative estimate of drug-likeness (QED) is 0.666. The highest BCUT2D eigenvalue weighted by Crippen LogP contribution is 1.96. The van der Waals surface area contributed by atoms with E-state index in [2.05, 4.69) is 15.0 Å². The fourth-order valence-corrected chi connectivity index (χ4v) is 1.13. The summed E-state index contributed by atoms with van der Waals surface area (Å²) in [6.07, 6.45) is 5.62. The van der Waals surface area contributed by atoms with Gasteiger partial charge in [-0.1, -0.05) is 0 Å². The lowest BCUT2D eigenvalue weighted by molar-refractivity contribution is 1.02. The number of nitrogens with zero attached hydrogens (tertiary/aromatic N) is 1. The fraction of sp³-hybridized carbons (Fsp3) is 0.100. The van der Waals surface area contributed by atoms with E-state index in [-0.39, 0.29) is 0 Å². The molecule has 0 aliphatic heterocycles. The second-order valence-electron chi connectivity index (χ2n) is 2.79. The van der Waals surface area contributed by atoms with E-state index in [1.54, 1.807) is 0 Å². The van der Waals surface area contributed by atoms with Crippen LogP contribution in [0.15, 0.2) is 41.7 Å². The van der Waals surface area contributed by atoms with Crippen molar-refractivity contribution in [2.75, 3.05) is 0 Å². The maximum absolute atomic E-state index is 4.27. The number of hydrogen-bond acceptors (Lipinski definition) is 1. The van der Waals surface area contributed by atoms with Crippen molar-refractivity contribution in [1.29, 1.82) is 0 Å². The maximum Gasteiger partial charge on any atom is 0.0790 e. The SMILES string of the molecule is C(=NCc1ccc[nH]1)c1ccc[nH]1. The zero-order chi connectivity index (χ0) is 8.93. The lowest BCUT2D eigenvalue weighted by Crippen LogP contribution is -1.83. The van der Waals surface area contributed by atoms with Crippen LogP contribution < -0.4 is 0 Å². The standard InChI is InChI=1S/C10H11N3/c1-3-9(12-5-1)7-11-8-10-4-2-6-13-10/h1-7,12-13H,8H2. The number of hydrogen-bond donors (Lipinski definition) is 2. The van der Waals surface area contributed by atoms with Crippen LogP contribution in [0.4, 0.5) is 0 Å². The molecule has 66 valence electrons. The number of nitrogens with one attached hydrogen (secondary N) is 2. The zero-order valence-electron chi connectivity index (χ0n) is 7.20. The molecule has 0 spiro atoms. The van der Waals surface area contributed by atoms with Crippen molar-refractivity contribution in [2.45, 2.75) is 6.54 Å². The van der Waals surface area contributed by atoms with Crippen LogP contribution in [0, 0.1) is 0 Å². The van der Waals surface area contributed by atoms with Crippen LogP contribution in [-0.2, 0) is 6.54 Å². The summed E-state index contributed by atoms with van der Waals surface area (Å²) >= 11 is 0. The summed E-state index contributed by atoms with van der Waals surface area (Å²) in [5.74, 6) is 0. The molecule has 2 heterocycles. The number of aromatic amines is 2. The molecule has 3 heteroatoms. The van der Waals surface area contributed by atoms with Crippen LogP contribution in [-0.4, -0.2) is 16.2 Å². The third-order valence-electron chi connectivity index (χ3n) is 1.78. The van der Waals surface area contributed by atoms with Gasteiger partial charge in [-0.2, -0.15) is 0 Å². The first-order chi connectivity index (χ1) is 6.45. The predicted octanol–water partition coefficient (Wildman–Crippen LogP) is 1.96. The summed E-state index contributed by atoms with van der Waals surface area (Å²) in [5, 5.41) is 0. The number of H-pyrrole nitrogens is 2. The molecule has 2 aromatic heterocycles. The normalized spacial score (nSPS) is 11.1. The molecule has 0 aliphatic rings. The molecule has 0 radical (unpaired) electrons. The van der Waals surface area contributed by atoms with E-state index in [1.807, 2.05) is 42.9 Å². The molecule has 0 atom stereocenters. The summed E-state index contributed by atoms with van der Waals surface area (Å²) in [4.78, 5) is 10.4. The van der Waals surface area contributed by atoms with E-state index >= 15 is 0 Å². The van der Waals surface area contributed by atoms with Crippen molar-refractivity contribution in [3.63, 3.8) is 0 Å². The van der Waals surface area contributed by atoms with Crippen molar-refractivity contribution in [1.82, 2.24) is 9.97 Å². The molecule has 0 fully saturated rings. The Bertz CT molecular complexity index is 357. The van der Waals surface area contributed by atoms with Crippen molar-refractivity contribution in [2.24, 2.45) is 4.99 Å². The highest BCUT2D eigenvalue weighted by atomic mass is 14.8. The van der Waals surface area contributed by atoms with Gasteiger partial charge >= 0.3 is 0 Å². The first-order valence-corrected chi connectivity index (χ1v) is 4.20. The third kappa shape index (κ3) is 2.08. The molecule has 0 saturated heterocycles. The van der Waals surface area contributed by atoms with Gasteiger partial charge in [0.05, 0.1) is 12.2 Å². The van der Waals surface area contributed by atoms with Crippen LogP contribution in [0.2, 0.25) is 0 Å². The van der Waals surface area contributed by atoms with Gasteiger partial charge in [0.15, 0.2) is 0 Å². The van der Waals surface area contributed by atoms with E-state index < -0.39 is 0 Å². The van der Waals surface area contributed by atoms with Gasteiger partial charge in [0.1, 0.15) is 0 Å². The van der Waals surface area contributed by atoms with Gasteiger partial charge in [0, 0.05) is 24.3 Å². The Morgan fingerprint density at radius 1 is 1.15 bits per heavy atom. The van der Waals surface area contributed by atoms with Crippen LogP contribution in [0.3, 0.4) is 0 Å². The highest BCUT2D eigenvalue weighted by Gasteiger charge is 1.88. The lowest BCUT2D eigenvalue weighted by atomic mass is 10.4. The molecule has 3 nitrogen and oxygen atoms in total. The summed E-state index contributed by atoms with van der Waals surface area (Å²) < 4.78 is 0. The van der Waals surface area contributed by atoms with Crippen LogP contribution in [0.25, 0.3) is 0 Å². The van der Waals surface area contributed by atoms with Gasteiger partial charge in [0.25, 0.3) is 0 Å². The lowest BCUT2D eigenvalue weighted by Gasteiger charge is -1.88. The summed E-state index contributed by atoms with van der Waals surface area (Å²) in [6, 6.07) is 7.93. The third-order valence-corrected chi connectivity index (χ3v) is 1.78. The largest absolute Gasteiger partial charge is 0.363 e. The number of aliphatic imine (C=N–C) groups is 1. The van der Waals surface area contributed by atoms with Crippen molar-refractivity contribution in [3.8, 4) is 0 Å². The van der Waals surface area contributed by atoms with Gasteiger partial charge in [0.2, 0.25) is 0 Å². The minimum atomic E-state index is 0.700. The van der Waals surface area contributed by atoms with Gasteiger partial charge < -0.3 is 9.97 Å². The minimum Gasteiger partial charge on any atom is -0.363 e. The first-order valence-electron chi connectivity index (χ1n) is 4.20. The molecule has 0 aromatic carbocycles. The van der Waals surface area contributed by atoms with Gasteiger partial charge in [-0.25, -0.2) is 0 Å².